The summed E-state index contributed by atoms with van der Waals surface area (Å²) in [5.74, 6) is 0.364. The molecule has 0 aliphatic rings. The first-order valence-corrected chi connectivity index (χ1v) is 6.13. The molecule has 2 rings (SSSR count). The van der Waals surface area contributed by atoms with E-state index in [0.29, 0.717) is 11.5 Å². The van der Waals surface area contributed by atoms with Gasteiger partial charge in [0.2, 0.25) is 0 Å². The zero-order valence-corrected chi connectivity index (χ0v) is 11.0. The topological polar surface area (TPSA) is 66.9 Å². The third-order valence-corrected chi connectivity index (χ3v) is 2.76. The van der Waals surface area contributed by atoms with Crippen molar-refractivity contribution in [3.63, 3.8) is 0 Å². The lowest BCUT2D eigenvalue weighted by Gasteiger charge is -2.05. The van der Waals surface area contributed by atoms with Crippen LogP contribution in [-0.4, -0.2) is 22.9 Å². The monoisotopic (exact) mass is 256 g/mol. The molecule has 1 heterocycles. The van der Waals surface area contributed by atoms with Gasteiger partial charge in [0.25, 0.3) is 5.91 Å². The quantitative estimate of drug-likeness (QED) is 0.881. The van der Waals surface area contributed by atoms with Gasteiger partial charge in [0.05, 0.1) is 12.4 Å². The summed E-state index contributed by atoms with van der Waals surface area (Å²) in [6, 6.07) is 7.75. The molecule has 0 fully saturated rings. The van der Waals surface area contributed by atoms with Crippen molar-refractivity contribution in [2.75, 3.05) is 17.7 Å². The van der Waals surface area contributed by atoms with E-state index in [-0.39, 0.29) is 5.91 Å². The minimum Gasteiger partial charge on any atom is -0.372 e. The van der Waals surface area contributed by atoms with E-state index in [1.54, 1.807) is 7.05 Å². The molecule has 2 N–H and O–H groups in total. The predicted octanol–water partition coefficient (Wildman–Crippen LogP) is 2.33. The highest BCUT2D eigenvalue weighted by atomic mass is 16.1. The lowest BCUT2D eigenvalue weighted by Crippen LogP contribution is -2.14. The third kappa shape index (κ3) is 3.28. The molecule has 1 aromatic carbocycles. The maximum Gasteiger partial charge on any atom is 0.275 e. The minimum atomic E-state index is -0.264. The first-order valence-electron chi connectivity index (χ1n) is 6.13. The van der Waals surface area contributed by atoms with Crippen LogP contribution in [0.25, 0.3) is 0 Å². The molecule has 0 spiro atoms. The van der Waals surface area contributed by atoms with Crippen molar-refractivity contribution in [3.05, 3.63) is 47.9 Å². The Morgan fingerprint density at radius 3 is 2.42 bits per heavy atom. The van der Waals surface area contributed by atoms with Gasteiger partial charge in [0, 0.05) is 12.7 Å². The number of carbonyl (C=O) groups excluding carboxylic acids is 1. The SMILES string of the molecule is CCc1ccc(NC(=O)c2cnc(NC)cn2)cc1. The van der Waals surface area contributed by atoms with Crippen LogP contribution in [0.1, 0.15) is 23.0 Å². The molecule has 2 aromatic rings. The van der Waals surface area contributed by atoms with E-state index >= 15 is 0 Å². The second-order valence-corrected chi connectivity index (χ2v) is 4.04. The first-order chi connectivity index (χ1) is 9.22. The van der Waals surface area contributed by atoms with Crippen LogP contribution in [0.3, 0.4) is 0 Å². The van der Waals surface area contributed by atoms with Crippen molar-refractivity contribution in [2.24, 2.45) is 0 Å². The van der Waals surface area contributed by atoms with Gasteiger partial charge in [-0.3, -0.25) is 4.79 Å². The molecule has 0 unspecified atom stereocenters. The summed E-state index contributed by atoms with van der Waals surface area (Å²) in [6.45, 7) is 2.09. The van der Waals surface area contributed by atoms with Gasteiger partial charge in [-0.1, -0.05) is 19.1 Å². The number of carbonyl (C=O) groups is 1. The van der Waals surface area contributed by atoms with Crippen LogP contribution in [0, 0.1) is 0 Å². The summed E-state index contributed by atoms with van der Waals surface area (Å²) in [7, 11) is 1.75. The number of hydrogen-bond donors (Lipinski definition) is 2. The van der Waals surface area contributed by atoms with Gasteiger partial charge < -0.3 is 10.6 Å². The van der Waals surface area contributed by atoms with Crippen molar-refractivity contribution in [1.29, 1.82) is 0 Å². The van der Waals surface area contributed by atoms with Gasteiger partial charge in [0.1, 0.15) is 11.5 Å². The summed E-state index contributed by atoms with van der Waals surface area (Å²) in [5, 5.41) is 5.64. The fourth-order valence-corrected chi connectivity index (χ4v) is 1.59. The Morgan fingerprint density at radius 1 is 1.16 bits per heavy atom. The number of nitrogens with one attached hydrogen (secondary N) is 2. The Hall–Kier alpha value is -2.43. The Bertz CT molecular complexity index is 549. The Morgan fingerprint density at radius 2 is 1.89 bits per heavy atom. The smallest absolute Gasteiger partial charge is 0.275 e. The molecule has 19 heavy (non-hydrogen) atoms. The average molecular weight is 256 g/mol. The van der Waals surface area contributed by atoms with Crippen LogP contribution in [-0.2, 0) is 6.42 Å². The van der Waals surface area contributed by atoms with E-state index in [2.05, 4.69) is 27.5 Å². The molecule has 0 saturated heterocycles. The second kappa shape index (κ2) is 5.95. The minimum absolute atomic E-state index is 0.264. The highest BCUT2D eigenvalue weighted by Gasteiger charge is 2.08. The summed E-state index contributed by atoms with van der Waals surface area (Å²) in [4.78, 5) is 20.0. The zero-order valence-electron chi connectivity index (χ0n) is 11.0. The van der Waals surface area contributed by atoms with Crippen LogP contribution in [0.2, 0.25) is 0 Å². The summed E-state index contributed by atoms with van der Waals surface area (Å²) < 4.78 is 0. The number of aryl methyl sites for hydroxylation is 1. The number of rotatable bonds is 4. The normalized spacial score (nSPS) is 10.0. The molecule has 0 atom stereocenters. The molecule has 0 aliphatic heterocycles. The standard InChI is InChI=1S/C14H16N4O/c1-3-10-4-6-11(7-5-10)18-14(19)12-8-17-13(15-2)9-16-12/h4-9H,3H2,1-2H3,(H,15,17)(H,18,19). The van der Waals surface area contributed by atoms with Crippen LogP contribution >= 0.6 is 0 Å². The number of nitrogens with zero attached hydrogens (tertiary/aromatic N) is 2. The van der Waals surface area contributed by atoms with Gasteiger partial charge in [-0.25, -0.2) is 9.97 Å². The maximum absolute atomic E-state index is 11.9. The molecule has 5 nitrogen and oxygen atoms in total. The van der Waals surface area contributed by atoms with Gasteiger partial charge in [0.15, 0.2) is 0 Å². The van der Waals surface area contributed by atoms with Crippen molar-refractivity contribution in [3.8, 4) is 0 Å². The Balaban J connectivity index is 2.06. The molecule has 0 saturated carbocycles. The highest BCUT2D eigenvalue weighted by Crippen LogP contribution is 2.11. The van der Waals surface area contributed by atoms with E-state index in [0.717, 1.165) is 12.1 Å². The van der Waals surface area contributed by atoms with E-state index in [4.69, 9.17) is 0 Å². The fraction of sp³-hybridized carbons (Fsp3) is 0.214. The van der Waals surface area contributed by atoms with Gasteiger partial charge >= 0.3 is 0 Å². The number of aromatic nitrogens is 2. The van der Waals surface area contributed by atoms with Crippen molar-refractivity contribution in [1.82, 2.24) is 9.97 Å². The summed E-state index contributed by atoms with van der Waals surface area (Å²) in [6.07, 6.45) is 3.95. The largest absolute Gasteiger partial charge is 0.372 e. The van der Waals surface area contributed by atoms with E-state index in [1.165, 1.54) is 18.0 Å². The highest BCUT2D eigenvalue weighted by molar-refractivity contribution is 6.02. The van der Waals surface area contributed by atoms with Gasteiger partial charge in [-0.05, 0) is 24.1 Å². The summed E-state index contributed by atoms with van der Waals surface area (Å²) >= 11 is 0. The average Bonchev–Trinajstić information content (AvgIpc) is 2.48. The molecule has 0 bridgehead atoms. The molecule has 5 heteroatoms. The lowest BCUT2D eigenvalue weighted by molar-refractivity contribution is 0.102. The fourth-order valence-electron chi connectivity index (χ4n) is 1.59. The second-order valence-electron chi connectivity index (χ2n) is 4.04. The first kappa shape index (κ1) is 13.0. The summed E-state index contributed by atoms with van der Waals surface area (Å²) in [5.41, 5.74) is 2.27. The molecule has 98 valence electrons. The number of hydrogen-bond acceptors (Lipinski definition) is 4. The molecular formula is C14H16N4O. The van der Waals surface area contributed by atoms with E-state index in [9.17, 15) is 4.79 Å². The zero-order chi connectivity index (χ0) is 13.7. The number of benzene rings is 1. The van der Waals surface area contributed by atoms with Crippen LogP contribution in [0.5, 0.6) is 0 Å². The van der Waals surface area contributed by atoms with Crippen LogP contribution in [0.4, 0.5) is 11.5 Å². The molecular weight excluding hydrogens is 240 g/mol. The van der Waals surface area contributed by atoms with Crippen molar-refractivity contribution >= 4 is 17.4 Å². The molecule has 0 radical (unpaired) electrons. The molecule has 1 aromatic heterocycles. The predicted molar refractivity (Wildman–Crippen MR) is 75.4 cm³/mol. The van der Waals surface area contributed by atoms with Crippen molar-refractivity contribution in [2.45, 2.75) is 13.3 Å². The lowest BCUT2D eigenvalue weighted by atomic mass is 10.1. The molecule has 0 aliphatic carbocycles. The van der Waals surface area contributed by atoms with E-state index in [1.807, 2.05) is 24.3 Å². The third-order valence-electron chi connectivity index (χ3n) is 2.76. The van der Waals surface area contributed by atoms with Crippen molar-refractivity contribution < 1.29 is 4.79 Å². The van der Waals surface area contributed by atoms with Gasteiger partial charge in [-0.2, -0.15) is 0 Å². The van der Waals surface area contributed by atoms with Crippen LogP contribution < -0.4 is 10.6 Å². The number of amides is 1. The van der Waals surface area contributed by atoms with E-state index < -0.39 is 0 Å². The maximum atomic E-state index is 11.9. The Kier molecular flexibility index (Phi) is 4.07. The number of anilines is 2. The Labute approximate surface area is 112 Å². The molecule has 1 amide bonds. The van der Waals surface area contributed by atoms with Crippen LogP contribution in [0.15, 0.2) is 36.7 Å². The van der Waals surface area contributed by atoms with Gasteiger partial charge in [-0.15, -0.1) is 0 Å².